The molecule has 41 heavy (non-hydrogen) atoms. The van der Waals surface area contributed by atoms with E-state index in [2.05, 4.69) is 52.0 Å². The molecule has 8 heteroatoms. The maximum atomic E-state index is 13.8. The van der Waals surface area contributed by atoms with Crippen LogP contribution in [0.4, 0.5) is 5.13 Å². The summed E-state index contributed by atoms with van der Waals surface area (Å²) in [6.45, 7) is 0.670. The van der Waals surface area contributed by atoms with Gasteiger partial charge in [0.1, 0.15) is 6.04 Å². The van der Waals surface area contributed by atoms with Gasteiger partial charge < -0.3 is 16.0 Å². The number of carbonyl (C=O) groups is 2. The van der Waals surface area contributed by atoms with Gasteiger partial charge >= 0.3 is 0 Å². The third kappa shape index (κ3) is 5.49. The van der Waals surface area contributed by atoms with Crippen molar-refractivity contribution in [1.82, 2.24) is 20.5 Å². The number of amides is 2. The molecule has 1 aliphatic carbocycles. The number of likely N-dealkylation sites (tertiary alicyclic amines) is 1. The summed E-state index contributed by atoms with van der Waals surface area (Å²) < 4.78 is 0. The van der Waals surface area contributed by atoms with Crippen LogP contribution in [0.1, 0.15) is 46.5 Å². The predicted octanol–water partition coefficient (Wildman–Crippen LogP) is 4.27. The van der Waals surface area contributed by atoms with Gasteiger partial charge in [0.25, 0.3) is 0 Å². The number of rotatable bonds is 8. The lowest BCUT2D eigenvalue weighted by Crippen LogP contribution is -2.53. The van der Waals surface area contributed by atoms with Gasteiger partial charge in [-0.2, -0.15) is 0 Å². The quantitative estimate of drug-likeness (QED) is 0.277. The van der Waals surface area contributed by atoms with E-state index < -0.39 is 11.6 Å². The van der Waals surface area contributed by atoms with Crippen LogP contribution in [-0.2, 0) is 28.0 Å². The minimum atomic E-state index is -0.743. The Morgan fingerprint density at radius 3 is 2.07 bits per heavy atom. The molecule has 2 aliphatic rings. The number of aromatic nitrogens is 1. The first-order valence-electron chi connectivity index (χ1n) is 14.3. The van der Waals surface area contributed by atoms with E-state index in [1.807, 2.05) is 54.6 Å². The number of anilines is 1. The number of thiazole rings is 1. The number of nitrogens with zero attached hydrogens (tertiary/aromatic N) is 2. The second kappa shape index (κ2) is 11.8. The van der Waals surface area contributed by atoms with Crippen LogP contribution in [0.15, 0.2) is 91.0 Å². The number of fused-ring (bicyclic) bond motifs is 1. The predicted molar refractivity (Wildman–Crippen MR) is 162 cm³/mol. The van der Waals surface area contributed by atoms with E-state index in [1.165, 1.54) is 11.3 Å². The largest absolute Gasteiger partial charge is 0.375 e. The first kappa shape index (κ1) is 27.2. The smallest absolute Gasteiger partial charge is 0.243 e. The normalized spacial score (nSPS) is 18.6. The van der Waals surface area contributed by atoms with Crippen LogP contribution in [0, 0.1) is 0 Å². The zero-order chi connectivity index (χ0) is 28.2. The van der Waals surface area contributed by atoms with E-state index >= 15 is 0 Å². The Hall–Kier alpha value is -4.01. The van der Waals surface area contributed by atoms with Crippen LogP contribution in [0.5, 0.6) is 0 Å². The second-order valence-corrected chi connectivity index (χ2v) is 11.9. The Morgan fingerprint density at radius 2 is 1.49 bits per heavy atom. The molecule has 0 radical (unpaired) electrons. The Kier molecular flexibility index (Phi) is 7.85. The van der Waals surface area contributed by atoms with Crippen LogP contribution in [0.2, 0.25) is 0 Å². The molecule has 0 saturated carbocycles. The standard InChI is InChI=1S/C33H35N5O2S/c34-32-37-27-19-18-26(21-29(27)41-32)36-31(40)28-17-10-20-38(28)30(39)22-35-33(23-11-4-1-5-12-23,24-13-6-2-7-14-24)25-15-8-3-9-16-25/h1-9,11-16,26,28,35H,10,17-22H2,(H2,34,37)(H,36,40)/t26?,28-/m0/s1. The fraction of sp³-hybridized carbons (Fsp3) is 0.303. The van der Waals surface area contributed by atoms with Gasteiger partial charge in [-0.25, -0.2) is 4.98 Å². The van der Waals surface area contributed by atoms with E-state index in [0.717, 1.165) is 52.9 Å². The Labute approximate surface area is 244 Å². The molecule has 210 valence electrons. The van der Waals surface area contributed by atoms with Gasteiger partial charge in [-0.1, -0.05) is 91.0 Å². The van der Waals surface area contributed by atoms with Crippen LogP contribution in [0.3, 0.4) is 0 Å². The zero-order valence-electron chi connectivity index (χ0n) is 23.0. The number of nitrogens with one attached hydrogen (secondary N) is 2. The molecule has 0 bridgehead atoms. The van der Waals surface area contributed by atoms with Gasteiger partial charge in [0, 0.05) is 23.9 Å². The molecule has 4 N–H and O–H groups in total. The molecule has 4 aromatic rings. The molecular weight excluding hydrogens is 530 g/mol. The van der Waals surface area contributed by atoms with Crippen LogP contribution in [0.25, 0.3) is 0 Å². The van der Waals surface area contributed by atoms with Crippen molar-refractivity contribution in [2.75, 3.05) is 18.8 Å². The Balaban J connectivity index is 1.22. The van der Waals surface area contributed by atoms with E-state index in [0.29, 0.717) is 18.1 Å². The van der Waals surface area contributed by atoms with Gasteiger partial charge in [0.15, 0.2) is 5.13 Å². The molecule has 1 unspecified atom stereocenters. The molecule has 1 saturated heterocycles. The van der Waals surface area contributed by atoms with Gasteiger partial charge in [0.05, 0.1) is 17.8 Å². The van der Waals surface area contributed by atoms with E-state index in [-0.39, 0.29) is 24.4 Å². The van der Waals surface area contributed by atoms with Crippen molar-refractivity contribution in [3.05, 3.63) is 118 Å². The average molecular weight is 566 g/mol. The monoisotopic (exact) mass is 565 g/mol. The molecule has 3 aromatic carbocycles. The number of nitrogen functional groups attached to an aromatic ring is 1. The number of benzene rings is 3. The second-order valence-electron chi connectivity index (χ2n) is 10.8. The number of carbonyl (C=O) groups excluding carboxylic acids is 2. The lowest BCUT2D eigenvalue weighted by Gasteiger charge is -2.37. The van der Waals surface area contributed by atoms with Gasteiger partial charge in [-0.3, -0.25) is 14.9 Å². The first-order valence-corrected chi connectivity index (χ1v) is 15.1. The van der Waals surface area contributed by atoms with Gasteiger partial charge in [0.2, 0.25) is 11.8 Å². The van der Waals surface area contributed by atoms with Crippen molar-refractivity contribution in [3.8, 4) is 0 Å². The lowest BCUT2D eigenvalue weighted by molar-refractivity contribution is -0.138. The maximum Gasteiger partial charge on any atom is 0.243 e. The summed E-state index contributed by atoms with van der Waals surface area (Å²) in [5.74, 6) is -0.141. The molecule has 6 rings (SSSR count). The summed E-state index contributed by atoms with van der Waals surface area (Å²) in [6, 6.07) is 30.3. The third-order valence-corrected chi connectivity index (χ3v) is 9.25. The highest BCUT2D eigenvalue weighted by Gasteiger charge is 2.39. The fourth-order valence-electron chi connectivity index (χ4n) is 6.33. The molecule has 1 fully saturated rings. The molecule has 0 spiro atoms. The summed E-state index contributed by atoms with van der Waals surface area (Å²) >= 11 is 1.50. The zero-order valence-corrected chi connectivity index (χ0v) is 23.8. The van der Waals surface area contributed by atoms with Crippen LogP contribution >= 0.6 is 11.3 Å². The molecule has 1 aliphatic heterocycles. The molecular formula is C33H35N5O2S. The number of hydrogen-bond donors (Lipinski definition) is 3. The minimum absolute atomic E-state index is 0.0346. The highest BCUT2D eigenvalue weighted by atomic mass is 32.1. The molecule has 7 nitrogen and oxygen atoms in total. The van der Waals surface area contributed by atoms with Crippen molar-refractivity contribution in [1.29, 1.82) is 0 Å². The average Bonchev–Trinajstić information content (AvgIpc) is 3.65. The van der Waals surface area contributed by atoms with Gasteiger partial charge in [-0.05, 0) is 42.4 Å². The first-order chi connectivity index (χ1) is 20.0. The summed E-state index contributed by atoms with van der Waals surface area (Å²) in [4.78, 5) is 34.6. The van der Waals surface area contributed by atoms with Gasteiger partial charge in [-0.15, -0.1) is 11.3 Å². The van der Waals surface area contributed by atoms with Crippen molar-refractivity contribution >= 4 is 28.3 Å². The Morgan fingerprint density at radius 1 is 0.902 bits per heavy atom. The number of hydrogen-bond acceptors (Lipinski definition) is 6. The lowest BCUT2D eigenvalue weighted by atomic mass is 9.77. The molecule has 1 aromatic heterocycles. The van der Waals surface area contributed by atoms with Crippen LogP contribution < -0.4 is 16.4 Å². The van der Waals surface area contributed by atoms with E-state index in [1.54, 1.807) is 4.90 Å². The topological polar surface area (TPSA) is 100 Å². The highest BCUT2D eigenvalue weighted by molar-refractivity contribution is 7.15. The number of nitrogens with two attached hydrogens (primary N) is 1. The highest BCUT2D eigenvalue weighted by Crippen LogP contribution is 2.37. The third-order valence-electron chi connectivity index (χ3n) is 8.30. The van der Waals surface area contributed by atoms with Crippen LogP contribution in [-0.4, -0.2) is 46.9 Å². The SMILES string of the molecule is Nc1nc2c(s1)CC(NC(=O)[C@@H]1CCCN1C(=O)CNC(c1ccccc1)(c1ccccc1)c1ccccc1)CC2. The van der Waals surface area contributed by atoms with Crippen molar-refractivity contribution in [2.45, 2.75) is 49.7 Å². The summed E-state index contributed by atoms with van der Waals surface area (Å²) in [6.07, 6.45) is 3.87. The van der Waals surface area contributed by atoms with Crippen molar-refractivity contribution in [3.63, 3.8) is 0 Å². The summed E-state index contributed by atoms with van der Waals surface area (Å²) in [5.41, 5.74) is 9.34. The number of aryl methyl sites for hydroxylation is 1. The van der Waals surface area contributed by atoms with Crippen molar-refractivity contribution in [2.24, 2.45) is 0 Å². The minimum Gasteiger partial charge on any atom is -0.375 e. The molecule has 2 atom stereocenters. The maximum absolute atomic E-state index is 13.8. The summed E-state index contributed by atoms with van der Waals surface area (Å²) in [5, 5.41) is 7.49. The summed E-state index contributed by atoms with van der Waals surface area (Å²) in [7, 11) is 0. The molecule has 2 heterocycles. The Bertz CT molecular complexity index is 1400. The van der Waals surface area contributed by atoms with E-state index in [9.17, 15) is 9.59 Å². The van der Waals surface area contributed by atoms with E-state index in [4.69, 9.17) is 5.73 Å². The molecule has 2 amide bonds. The van der Waals surface area contributed by atoms with Crippen molar-refractivity contribution < 1.29 is 9.59 Å². The fourth-order valence-corrected chi connectivity index (χ4v) is 7.29.